The molecule has 0 amide bonds. The fourth-order valence-electron chi connectivity index (χ4n) is 1.94. The number of fused-ring (bicyclic) bond motifs is 1. The van der Waals surface area contributed by atoms with Gasteiger partial charge in [-0.3, -0.25) is 4.79 Å². The van der Waals surface area contributed by atoms with E-state index in [0.717, 1.165) is 23.6 Å². The van der Waals surface area contributed by atoms with Gasteiger partial charge in [-0.15, -0.1) is 0 Å². The molecule has 1 aromatic rings. The number of rotatable bonds is 6. The summed E-state index contributed by atoms with van der Waals surface area (Å²) in [4.78, 5) is 15.6. The van der Waals surface area contributed by atoms with Gasteiger partial charge in [0.2, 0.25) is 6.79 Å². The van der Waals surface area contributed by atoms with Crippen LogP contribution in [0.25, 0.3) is 0 Å². The van der Waals surface area contributed by atoms with Crippen LogP contribution in [0.5, 0.6) is 11.5 Å². The summed E-state index contributed by atoms with van der Waals surface area (Å²) in [6.07, 6.45) is 0.297. The Morgan fingerprint density at radius 1 is 1.32 bits per heavy atom. The molecule has 2 rings (SSSR count). The van der Waals surface area contributed by atoms with E-state index < -0.39 is 0 Å². The van der Waals surface area contributed by atoms with E-state index in [9.17, 15) is 4.79 Å². The minimum atomic E-state index is -0.251. The van der Waals surface area contributed by atoms with Crippen molar-refractivity contribution in [1.29, 1.82) is 0 Å². The molecule has 0 aliphatic carbocycles. The molecule has 2 N–H and O–H groups in total. The normalized spacial score (nSPS) is 12.9. The van der Waals surface area contributed by atoms with Gasteiger partial charge in [-0.05, 0) is 24.6 Å². The van der Waals surface area contributed by atoms with Gasteiger partial charge in [-0.2, -0.15) is 0 Å². The molecule has 7 nitrogen and oxygen atoms in total. The van der Waals surface area contributed by atoms with Gasteiger partial charge < -0.3 is 24.8 Å². The molecule has 1 aliphatic rings. The van der Waals surface area contributed by atoms with E-state index >= 15 is 0 Å². The number of benzene rings is 1. The lowest BCUT2D eigenvalue weighted by atomic mass is 10.2. The lowest BCUT2D eigenvalue weighted by Crippen LogP contribution is -2.38. The molecule has 0 fully saturated rings. The van der Waals surface area contributed by atoms with Crippen LogP contribution in [0.2, 0.25) is 0 Å². The number of guanidine groups is 1. The van der Waals surface area contributed by atoms with Crippen molar-refractivity contribution in [1.82, 2.24) is 10.6 Å². The molecule has 0 radical (unpaired) electrons. The summed E-state index contributed by atoms with van der Waals surface area (Å²) in [6.45, 7) is 3.97. The fourth-order valence-corrected chi connectivity index (χ4v) is 1.94. The minimum absolute atomic E-state index is 0.251. The fraction of sp³-hybridized carbons (Fsp3) is 0.467. The summed E-state index contributed by atoms with van der Waals surface area (Å²) in [6, 6.07) is 5.75. The van der Waals surface area contributed by atoms with Crippen LogP contribution < -0.4 is 20.1 Å². The van der Waals surface area contributed by atoms with Crippen molar-refractivity contribution in [3.63, 3.8) is 0 Å². The number of nitrogens with zero attached hydrogens (tertiary/aromatic N) is 1. The third kappa shape index (κ3) is 4.54. The van der Waals surface area contributed by atoms with Gasteiger partial charge in [0, 0.05) is 13.1 Å². The average Bonchev–Trinajstić information content (AvgIpc) is 3.00. The van der Waals surface area contributed by atoms with Crippen LogP contribution in [0.4, 0.5) is 0 Å². The number of esters is 1. The van der Waals surface area contributed by atoms with Crippen molar-refractivity contribution >= 4 is 11.9 Å². The maximum absolute atomic E-state index is 11.1. The van der Waals surface area contributed by atoms with E-state index in [1.54, 1.807) is 0 Å². The van der Waals surface area contributed by atoms with Gasteiger partial charge in [0.05, 0.1) is 20.1 Å². The van der Waals surface area contributed by atoms with Gasteiger partial charge in [-0.25, -0.2) is 4.99 Å². The molecule has 0 aromatic heterocycles. The Balaban J connectivity index is 1.90. The zero-order valence-corrected chi connectivity index (χ0v) is 12.8. The number of hydrogen-bond donors (Lipinski definition) is 2. The van der Waals surface area contributed by atoms with Gasteiger partial charge >= 0.3 is 5.97 Å². The van der Waals surface area contributed by atoms with Crippen molar-refractivity contribution in [2.75, 3.05) is 27.0 Å². The number of aliphatic imine (C=N–C) groups is 1. The summed E-state index contributed by atoms with van der Waals surface area (Å²) in [5.41, 5.74) is 1.02. The van der Waals surface area contributed by atoms with Crippen LogP contribution in [0, 0.1) is 0 Å². The van der Waals surface area contributed by atoms with Gasteiger partial charge in [0.1, 0.15) is 0 Å². The SMILES string of the molecule is CCNC(=NCc1ccc2c(c1)OCO2)NCCC(=O)OC. The van der Waals surface area contributed by atoms with Crippen molar-refractivity contribution in [2.45, 2.75) is 19.9 Å². The van der Waals surface area contributed by atoms with Crippen LogP contribution in [0.3, 0.4) is 0 Å². The molecule has 1 aromatic carbocycles. The molecule has 0 saturated carbocycles. The largest absolute Gasteiger partial charge is 0.469 e. The molecule has 22 heavy (non-hydrogen) atoms. The molecule has 1 heterocycles. The van der Waals surface area contributed by atoms with E-state index in [4.69, 9.17) is 9.47 Å². The Kier molecular flexibility index (Phi) is 5.88. The predicted octanol–water partition coefficient (Wildman–Crippen LogP) is 1.03. The maximum Gasteiger partial charge on any atom is 0.307 e. The monoisotopic (exact) mass is 307 g/mol. The molecule has 0 saturated heterocycles. The first kappa shape index (κ1) is 15.9. The van der Waals surface area contributed by atoms with Crippen LogP contribution in [-0.4, -0.2) is 38.9 Å². The Morgan fingerprint density at radius 2 is 2.14 bits per heavy atom. The van der Waals surface area contributed by atoms with Crippen molar-refractivity contribution in [3.8, 4) is 11.5 Å². The van der Waals surface area contributed by atoms with E-state index in [1.165, 1.54) is 7.11 Å². The zero-order chi connectivity index (χ0) is 15.8. The highest BCUT2D eigenvalue weighted by atomic mass is 16.7. The Bertz CT molecular complexity index is 546. The molecule has 0 atom stereocenters. The zero-order valence-electron chi connectivity index (χ0n) is 12.8. The first-order chi connectivity index (χ1) is 10.7. The lowest BCUT2D eigenvalue weighted by molar-refractivity contribution is -0.140. The van der Waals surface area contributed by atoms with E-state index in [2.05, 4.69) is 20.4 Å². The smallest absolute Gasteiger partial charge is 0.307 e. The van der Waals surface area contributed by atoms with Crippen molar-refractivity contribution in [3.05, 3.63) is 23.8 Å². The maximum atomic E-state index is 11.1. The highest BCUT2D eigenvalue weighted by Gasteiger charge is 2.12. The minimum Gasteiger partial charge on any atom is -0.469 e. The summed E-state index contributed by atoms with van der Waals surface area (Å²) in [5.74, 6) is 1.91. The summed E-state index contributed by atoms with van der Waals surface area (Å²) in [5, 5.41) is 6.22. The van der Waals surface area contributed by atoms with Crippen LogP contribution in [0.1, 0.15) is 18.9 Å². The number of carbonyl (C=O) groups is 1. The predicted molar refractivity (Wildman–Crippen MR) is 82.0 cm³/mol. The third-order valence-corrected chi connectivity index (χ3v) is 3.05. The second-order valence-corrected chi connectivity index (χ2v) is 4.64. The molecule has 0 unspecified atom stereocenters. The Hall–Kier alpha value is -2.44. The molecule has 120 valence electrons. The molecule has 0 bridgehead atoms. The average molecular weight is 307 g/mol. The third-order valence-electron chi connectivity index (χ3n) is 3.05. The van der Waals surface area contributed by atoms with Gasteiger partial charge in [-0.1, -0.05) is 6.07 Å². The summed E-state index contributed by atoms with van der Waals surface area (Å²) in [7, 11) is 1.38. The van der Waals surface area contributed by atoms with Crippen molar-refractivity contribution < 1.29 is 19.0 Å². The number of hydrogen-bond acceptors (Lipinski definition) is 5. The number of methoxy groups -OCH3 is 1. The van der Waals surface area contributed by atoms with Crippen LogP contribution in [-0.2, 0) is 16.1 Å². The van der Waals surface area contributed by atoms with E-state index in [-0.39, 0.29) is 12.8 Å². The van der Waals surface area contributed by atoms with Gasteiger partial charge in [0.25, 0.3) is 0 Å². The molecular formula is C15H21N3O4. The van der Waals surface area contributed by atoms with Gasteiger partial charge in [0.15, 0.2) is 17.5 Å². The number of ether oxygens (including phenoxy) is 3. The van der Waals surface area contributed by atoms with E-state index in [0.29, 0.717) is 25.5 Å². The molecule has 0 spiro atoms. The van der Waals surface area contributed by atoms with E-state index in [1.807, 2.05) is 25.1 Å². The molecule has 1 aliphatic heterocycles. The van der Waals surface area contributed by atoms with Crippen LogP contribution in [0.15, 0.2) is 23.2 Å². The van der Waals surface area contributed by atoms with Crippen LogP contribution >= 0.6 is 0 Å². The second-order valence-electron chi connectivity index (χ2n) is 4.64. The second kappa shape index (κ2) is 8.11. The standard InChI is InChI=1S/C15H21N3O4/c1-3-16-15(17-7-6-14(19)20-2)18-9-11-4-5-12-13(8-11)22-10-21-12/h4-5,8H,3,6-7,9-10H2,1-2H3,(H2,16,17,18). The first-order valence-electron chi connectivity index (χ1n) is 7.20. The Morgan fingerprint density at radius 3 is 2.91 bits per heavy atom. The highest BCUT2D eigenvalue weighted by Crippen LogP contribution is 2.32. The quantitative estimate of drug-likeness (QED) is 0.464. The number of carbonyl (C=O) groups excluding carboxylic acids is 1. The number of nitrogens with one attached hydrogen (secondary N) is 2. The summed E-state index contributed by atoms with van der Waals surface area (Å²) < 4.78 is 15.2. The summed E-state index contributed by atoms with van der Waals surface area (Å²) >= 11 is 0. The Labute approximate surface area is 129 Å². The lowest BCUT2D eigenvalue weighted by Gasteiger charge is -2.10. The molecular weight excluding hydrogens is 286 g/mol. The first-order valence-corrected chi connectivity index (χ1v) is 7.20. The highest BCUT2D eigenvalue weighted by molar-refractivity contribution is 5.80. The molecule has 7 heteroatoms. The van der Waals surface area contributed by atoms with Crippen molar-refractivity contribution in [2.24, 2.45) is 4.99 Å². The topological polar surface area (TPSA) is 81.2 Å².